The van der Waals surface area contributed by atoms with Crippen LogP contribution in [0.4, 0.5) is 0 Å². The van der Waals surface area contributed by atoms with Gasteiger partial charge in [-0.05, 0) is 18.2 Å². The molecule has 82 valence electrons. The van der Waals surface area contributed by atoms with Crippen LogP contribution in [0.2, 0.25) is 0 Å². The topological polar surface area (TPSA) is 37.3 Å². The number of ketones is 1. The summed E-state index contributed by atoms with van der Waals surface area (Å²) in [6, 6.07) is 7.43. The van der Waals surface area contributed by atoms with Crippen molar-refractivity contribution in [2.75, 3.05) is 18.1 Å². The minimum atomic E-state index is 0.130. The first kappa shape index (κ1) is 12.7. The van der Waals surface area contributed by atoms with Crippen LogP contribution in [0.1, 0.15) is 16.8 Å². The first-order valence-electron chi connectivity index (χ1n) is 4.72. The maximum Gasteiger partial charge on any atom is 0.173 e. The van der Waals surface area contributed by atoms with E-state index < -0.39 is 0 Å². The lowest BCUT2D eigenvalue weighted by molar-refractivity contribution is 0.102. The first-order valence-corrected chi connectivity index (χ1v) is 6.67. The van der Waals surface area contributed by atoms with Crippen LogP contribution in [-0.2, 0) is 0 Å². The van der Waals surface area contributed by atoms with E-state index in [1.54, 1.807) is 11.8 Å². The van der Waals surface area contributed by atoms with Gasteiger partial charge in [0.2, 0.25) is 0 Å². The van der Waals surface area contributed by atoms with E-state index in [-0.39, 0.29) is 12.4 Å². The van der Waals surface area contributed by atoms with Crippen molar-refractivity contribution >= 4 is 33.5 Å². The van der Waals surface area contributed by atoms with Crippen molar-refractivity contribution in [2.45, 2.75) is 6.42 Å². The van der Waals surface area contributed by atoms with Gasteiger partial charge >= 0.3 is 0 Å². The minimum absolute atomic E-state index is 0.130. The summed E-state index contributed by atoms with van der Waals surface area (Å²) in [6.45, 7) is 0.191. The monoisotopic (exact) mass is 288 g/mol. The zero-order chi connectivity index (χ0) is 11.1. The Morgan fingerprint density at radius 2 is 2.13 bits per heavy atom. The fourth-order valence-corrected chi connectivity index (χ4v) is 2.42. The Kier molecular flexibility index (Phi) is 5.98. The fraction of sp³-hybridized carbons (Fsp3) is 0.364. The highest BCUT2D eigenvalue weighted by Gasteiger charge is 2.08. The van der Waals surface area contributed by atoms with Gasteiger partial charge in [-0.3, -0.25) is 4.79 Å². The molecule has 1 rings (SSSR count). The van der Waals surface area contributed by atoms with Crippen molar-refractivity contribution in [2.24, 2.45) is 0 Å². The van der Waals surface area contributed by atoms with E-state index in [4.69, 9.17) is 5.11 Å². The molecular weight excluding hydrogens is 276 g/mol. The third kappa shape index (κ3) is 4.36. The van der Waals surface area contributed by atoms with E-state index in [1.807, 2.05) is 24.3 Å². The number of benzene rings is 1. The molecule has 0 aliphatic carbocycles. The number of halogens is 1. The summed E-state index contributed by atoms with van der Waals surface area (Å²) in [7, 11) is 0. The zero-order valence-electron chi connectivity index (χ0n) is 8.28. The van der Waals surface area contributed by atoms with Crippen LogP contribution in [0.3, 0.4) is 0 Å². The zero-order valence-corrected chi connectivity index (χ0v) is 10.7. The Hall–Kier alpha value is -0.320. The van der Waals surface area contributed by atoms with Crippen molar-refractivity contribution in [3.8, 4) is 0 Å². The van der Waals surface area contributed by atoms with Crippen LogP contribution >= 0.6 is 27.7 Å². The summed E-state index contributed by atoms with van der Waals surface area (Å²) in [5.41, 5.74) is 0.731. The standard InChI is InChI=1S/C11H13BrO2S/c12-10-5-2-1-4-9(10)11(14)8-15-7-3-6-13/h1-2,4-5,13H,3,6-8H2. The lowest BCUT2D eigenvalue weighted by Gasteiger charge is -2.02. The van der Waals surface area contributed by atoms with Crippen LogP contribution in [0.5, 0.6) is 0 Å². The van der Waals surface area contributed by atoms with Crippen LogP contribution in [0.15, 0.2) is 28.7 Å². The fourth-order valence-electron chi connectivity index (χ4n) is 1.10. The SMILES string of the molecule is O=C(CSCCCO)c1ccccc1Br. The molecule has 0 fully saturated rings. The molecule has 0 aliphatic heterocycles. The molecule has 1 aromatic carbocycles. The highest BCUT2D eigenvalue weighted by Crippen LogP contribution is 2.18. The van der Waals surface area contributed by atoms with E-state index >= 15 is 0 Å². The number of hydrogen-bond acceptors (Lipinski definition) is 3. The van der Waals surface area contributed by atoms with E-state index in [9.17, 15) is 4.79 Å². The van der Waals surface area contributed by atoms with Crippen molar-refractivity contribution < 1.29 is 9.90 Å². The Morgan fingerprint density at radius 1 is 1.40 bits per heavy atom. The maximum atomic E-state index is 11.7. The molecule has 1 N–H and O–H groups in total. The van der Waals surface area contributed by atoms with Gasteiger partial charge in [0.1, 0.15) is 0 Å². The molecule has 0 spiro atoms. The molecule has 0 heterocycles. The molecular formula is C11H13BrO2S. The van der Waals surface area contributed by atoms with Gasteiger partial charge in [-0.2, -0.15) is 11.8 Å². The molecule has 0 unspecified atom stereocenters. The second-order valence-electron chi connectivity index (χ2n) is 3.03. The highest BCUT2D eigenvalue weighted by atomic mass is 79.9. The second kappa shape index (κ2) is 7.04. The molecule has 4 heteroatoms. The molecule has 0 saturated heterocycles. The van der Waals surface area contributed by atoms with Gasteiger partial charge in [0.05, 0.1) is 5.75 Å². The summed E-state index contributed by atoms with van der Waals surface area (Å²) in [4.78, 5) is 11.7. The van der Waals surface area contributed by atoms with Gasteiger partial charge in [0.15, 0.2) is 5.78 Å². The summed E-state index contributed by atoms with van der Waals surface area (Å²) in [5, 5.41) is 8.59. The number of aliphatic hydroxyl groups excluding tert-OH is 1. The Morgan fingerprint density at radius 3 is 2.80 bits per heavy atom. The van der Waals surface area contributed by atoms with E-state index in [0.717, 1.165) is 22.2 Å². The number of carbonyl (C=O) groups is 1. The van der Waals surface area contributed by atoms with Crippen LogP contribution < -0.4 is 0 Å². The number of carbonyl (C=O) groups excluding carboxylic acids is 1. The van der Waals surface area contributed by atoms with Crippen molar-refractivity contribution in [1.82, 2.24) is 0 Å². The van der Waals surface area contributed by atoms with Crippen molar-refractivity contribution in [1.29, 1.82) is 0 Å². The molecule has 15 heavy (non-hydrogen) atoms. The lowest BCUT2D eigenvalue weighted by Crippen LogP contribution is -2.04. The van der Waals surface area contributed by atoms with Gasteiger partial charge in [-0.1, -0.05) is 34.1 Å². The van der Waals surface area contributed by atoms with Gasteiger partial charge < -0.3 is 5.11 Å². The van der Waals surface area contributed by atoms with Crippen molar-refractivity contribution in [3.63, 3.8) is 0 Å². The largest absolute Gasteiger partial charge is 0.396 e. The van der Waals surface area contributed by atoms with Crippen LogP contribution in [0, 0.1) is 0 Å². The molecule has 0 radical (unpaired) electrons. The number of thioether (sulfide) groups is 1. The molecule has 0 aliphatic rings. The predicted octanol–water partition coefficient (Wildman–Crippen LogP) is 2.75. The molecule has 1 aromatic rings. The van der Waals surface area contributed by atoms with E-state index in [0.29, 0.717) is 5.75 Å². The van der Waals surface area contributed by atoms with E-state index in [2.05, 4.69) is 15.9 Å². The maximum absolute atomic E-state index is 11.7. The quantitative estimate of drug-likeness (QED) is 0.646. The summed E-state index contributed by atoms with van der Waals surface area (Å²) in [6.07, 6.45) is 0.744. The van der Waals surface area contributed by atoms with Gasteiger partial charge in [-0.25, -0.2) is 0 Å². The Bertz CT molecular complexity index is 328. The third-order valence-corrected chi connectivity index (χ3v) is 3.59. The van der Waals surface area contributed by atoms with Crippen LogP contribution in [-0.4, -0.2) is 29.0 Å². The van der Waals surface area contributed by atoms with Gasteiger partial charge in [0, 0.05) is 16.6 Å². The van der Waals surface area contributed by atoms with Gasteiger partial charge in [-0.15, -0.1) is 0 Å². The molecule has 0 aromatic heterocycles. The smallest absolute Gasteiger partial charge is 0.173 e. The number of rotatable bonds is 6. The lowest BCUT2D eigenvalue weighted by atomic mass is 10.1. The summed E-state index contributed by atoms with van der Waals surface area (Å²) < 4.78 is 0.845. The molecule has 0 atom stereocenters. The normalized spacial score (nSPS) is 10.3. The first-order chi connectivity index (χ1) is 7.25. The Balaban J connectivity index is 2.44. The average molecular weight is 289 g/mol. The molecule has 0 bridgehead atoms. The summed E-state index contributed by atoms with van der Waals surface area (Å²) in [5.74, 6) is 1.43. The average Bonchev–Trinajstić information content (AvgIpc) is 2.25. The second-order valence-corrected chi connectivity index (χ2v) is 4.99. The van der Waals surface area contributed by atoms with Crippen molar-refractivity contribution in [3.05, 3.63) is 34.3 Å². The molecule has 0 amide bonds. The van der Waals surface area contributed by atoms with E-state index in [1.165, 1.54) is 0 Å². The molecule has 0 saturated carbocycles. The highest BCUT2D eigenvalue weighted by molar-refractivity contribution is 9.10. The van der Waals surface area contributed by atoms with Crippen LogP contribution in [0.25, 0.3) is 0 Å². The third-order valence-electron chi connectivity index (χ3n) is 1.85. The number of Topliss-reactive ketones (excluding diaryl/α,β-unsaturated/α-hetero) is 1. The summed E-state index contributed by atoms with van der Waals surface area (Å²) >= 11 is 4.91. The number of aliphatic hydroxyl groups is 1. The minimum Gasteiger partial charge on any atom is -0.396 e. The Labute approximate surface area is 102 Å². The number of hydrogen-bond donors (Lipinski definition) is 1. The predicted molar refractivity (Wildman–Crippen MR) is 67.5 cm³/mol. The molecule has 2 nitrogen and oxygen atoms in total. The van der Waals surface area contributed by atoms with Gasteiger partial charge in [0.25, 0.3) is 0 Å².